The highest BCUT2D eigenvalue weighted by Crippen LogP contribution is 2.24. The van der Waals surface area contributed by atoms with E-state index in [9.17, 15) is 9.59 Å². The van der Waals surface area contributed by atoms with Crippen LogP contribution in [0.1, 0.15) is 44.8 Å². The summed E-state index contributed by atoms with van der Waals surface area (Å²) in [6.07, 6.45) is 0. The normalized spacial score (nSPS) is 11.5. The lowest BCUT2D eigenvalue weighted by molar-refractivity contribution is 0.0938. The monoisotopic (exact) mass is 359 g/mol. The first-order valence-corrected chi connectivity index (χ1v) is 8.73. The van der Waals surface area contributed by atoms with Gasteiger partial charge in [-0.05, 0) is 25.1 Å². The van der Waals surface area contributed by atoms with Crippen molar-refractivity contribution in [2.45, 2.75) is 13.0 Å². The van der Waals surface area contributed by atoms with E-state index in [-0.39, 0.29) is 17.7 Å². The number of carbonyl (C=O) groups excluding carboxylic acids is 2. The van der Waals surface area contributed by atoms with Crippen LogP contribution in [0.5, 0.6) is 5.75 Å². The van der Waals surface area contributed by atoms with Crippen LogP contribution in [0.4, 0.5) is 0 Å². The maximum absolute atomic E-state index is 12.5. The van der Waals surface area contributed by atoms with Crippen LogP contribution in [0.3, 0.4) is 0 Å². The van der Waals surface area contributed by atoms with Crippen LogP contribution in [-0.2, 0) is 0 Å². The van der Waals surface area contributed by atoms with Gasteiger partial charge in [0.2, 0.25) is 0 Å². The summed E-state index contributed by atoms with van der Waals surface area (Å²) in [4.78, 5) is 25.0. The summed E-state index contributed by atoms with van der Waals surface area (Å²) in [5.74, 6) is 0.464. The van der Waals surface area contributed by atoms with Crippen LogP contribution in [0, 0.1) is 0 Å². The Kier molecular flexibility index (Phi) is 5.67. The van der Waals surface area contributed by atoms with Gasteiger partial charge in [0, 0.05) is 22.3 Å². The molecule has 0 fully saturated rings. The zero-order valence-corrected chi connectivity index (χ0v) is 15.3. The zero-order valence-electron chi connectivity index (χ0n) is 15.3. The van der Waals surface area contributed by atoms with Crippen molar-refractivity contribution in [1.29, 1.82) is 0 Å². The maximum atomic E-state index is 12.5. The quantitative estimate of drug-likeness (QED) is 0.663. The number of hydrogen-bond acceptors (Lipinski definition) is 3. The molecule has 0 radical (unpaired) electrons. The number of amides is 1. The number of carbonyl (C=O) groups is 2. The molecular weight excluding hydrogens is 338 g/mol. The topological polar surface area (TPSA) is 55.4 Å². The van der Waals surface area contributed by atoms with Crippen molar-refractivity contribution < 1.29 is 14.3 Å². The average molecular weight is 359 g/mol. The summed E-state index contributed by atoms with van der Waals surface area (Å²) in [7, 11) is 1.61. The molecule has 0 saturated heterocycles. The third-order valence-electron chi connectivity index (χ3n) is 4.40. The first-order valence-electron chi connectivity index (χ1n) is 8.73. The van der Waals surface area contributed by atoms with Gasteiger partial charge in [0.05, 0.1) is 13.2 Å². The van der Waals surface area contributed by atoms with Gasteiger partial charge in [0.1, 0.15) is 5.75 Å². The molecule has 1 amide bonds. The minimum Gasteiger partial charge on any atom is -0.496 e. The zero-order chi connectivity index (χ0) is 19.2. The number of nitrogens with one attached hydrogen (secondary N) is 1. The van der Waals surface area contributed by atoms with Crippen LogP contribution < -0.4 is 10.1 Å². The number of hydrogen-bond donors (Lipinski definition) is 1. The van der Waals surface area contributed by atoms with E-state index in [0.29, 0.717) is 16.7 Å². The standard InChI is InChI=1S/C23H21NO3/c1-16(20-10-6-7-11-21(20)27-2)24-23(26)19-14-12-18(13-15-19)22(25)17-8-4-3-5-9-17/h3-16H,1-2H3,(H,24,26)/t16-/m1/s1. The molecule has 0 saturated carbocycles. The van der Waals surface area contributed by atoms with Gasteiger partial charge < -0.3 is 10.1 Å². The molecule has 3 rings (SSSR count). The summed E-state index contributed by atoms with van der Waals surface area (Å²) >= 11 is 0. The van der Waals surface area contributed by atoms with Crippen LogP contribution in [0.2, 0.25) is 0 Å². The minimum absolute atomic E-state index is 0.0649. The van der Waals surface area contributed by atoms with E-state index in [1.807, 2.05) is 49.4 Å². The summed E-state index contributed by atoms with van der Waals surface area (Å²) in [6.45, 7) is 1.91. The van der Waals surface area contributed by atoms with Crippen molar-refractivity contribution in [2.24, 2.45) is 0 Å². The molecule has 1 N–H and O–H groups in total. The molecule has 3 aromatic rings. The van der Waals surface area contributed by atoms with Crippen molar-refractivity contribution in [3.05, 3.63) is 101 Å². The molecule has 0 bridgehead atoms. The molecule has 4 heteroatoms. The van der Waals surface area contributed by atoms with Crippen molar-refractivity contribution >= 4 is 11.7 Å². The second-order valence-electron chi connectivity index (χ2n) is 6.21. The second kappa shape index (κ2) is 8.32. The van der Waals surface area contributed by atoms with Gasteiger partial charge in [-0.25, -0.2) is 0 Å². The molecule has 4 nitrogen and oxygen atoms in total. The highest BCUT2D eigenvalue weighted by Gasteiger charge is 2.15. The van der Waals surface area contributed by atoms with E-state index < -0.39 is 0 Å². The summed E-state index contributed by atoms with van der Waals surface area (Å²) in [6, 6.07) is 23.1. The highest BCUT2D eigenvalue weighted by molar-refractivity contribution is 6.09. The van der Waals surface area contributed by atoms with Gasteiger partial charge in [0.25, 0.3) is 5.91 Å². The fourth-order valence-corrected chi connectivity index (χ4v) is 2.91. The number of ether oxygens (including phenoxy) is 1. The van der Waals surface area contributed by atoms with Gasteiger partial charge in [-0.3, -0.25) is 9.59 Å². The van der Waals surface area contributed by atoms with E-state index in [4.69, 9.17) is 4.74 Å². The van der Waals surface area contributed by atoms with Crippen LogP contribution in [-0.4, -0.2) is 18.8 Å². The van der Waals surface area contributed by atoms with Gasteiger partial charge in [-0.15, -0.1) is 0 Å². The van der Waals surface area contributed by atoms with Gasteiger partial charge in [-0.2, -0.15) is 0 Å². The Morgan fingerprint density at radius 2 is 1.33 bits per heavy atom. The molecule has 136 valence electrons. The fraction of sp³-hybridized carbons (Fsp3) is 0.130. The van der Waals surface area contributed by atoms with Crippen LogP contribution in [0.15, 0.2) is 78.9 Å². The molecule has 0 aromatic heterocycles. The molecule has 27 heavy (non-hydrogen) atoms. The molecule has 1 atom stereocenters. The van der Waals surface area contributed by atoms with E-state index in [1.165, 1.54) is 0 Å². The SMILES string of the molecule is COc1ccccc1[C@@H](C)NC(=O)c1ccc(C(=O)c2ccccc2)cc1. The van der Waals surface area contributed by atoms with Crippen LogP contribution in [0.25, 0.3) is 0 Å². The molecule has 0 aliphatic carbocycles. The maximum Gasteiger partial charge on any atom is 0.251 e. The Hall–Kier alpha value is -3.40. The van der Waals surface area contributed by atoms with Gasteiger partial charge in [0.15, 0.2) is 5.78 Å². The number of methoxy groups -OCH3 is 1. The lowest BCUT2D eigenvalue weighted by Crippen LogP contribution is -2.27. The van der Waals surface area contributed by atoms with Crippen LogP contribution >= 0.6 is 0 Å². The molecule has 3 aromatic carbocycles. The Labute approximate surface area is 158 Å². The Bertz CT molecular complexity index is 933. The predicted molar refractivity (Wildman–Crippen MR) is 105 cm³/mol. The first kappa shape index (κ1) is 18.4. The summed E-state index contributed by atoms with van der Waals surface area (Å²) < 4.78 is 5.35. The molecule has 0 aliphatic heterocycles. The third kappa shape index (κ3) is 4.23. The third-order valence-corrected chi connectivity index (χ3v) is 4.40. The van der Waals surface area contributed by atoms with Crippen molar-refractivity contribution in [3.63, 3.8) is 0 Å². The number of benzene rings is 3. The van der Waals surface area contributed by atoms with Crippen molar-refractivity contribution in [1.82, 2.24) is 5.32 Å². The van der Waals surface area contributed by atoms with Gasteiger partial charge in [-0.1, -0.05) is 60.7 Å². The Balaban J connectivity index is 1.71. The molecular formula is C23H21NO3. The molecule has 0 spiro atoms. The summed E-state index contributed by atoms with van der Waals surface area (Å²) in [5.41, 5.74) is 2.58. The molecule has 0 unspecified atom stereocenters. The first-order chi connectivity index (χ1) is 13.1. The smallest absolute Gasteiger partial charge is 0.251 e. The van der Waals surface area contributed by atoms with E-state index in [2.05, 4.69) is 5.32 Å². The van der Waals surface area contributed by atoms with E-state index >= 15 is 0 Å². The Morgan fingerprint density at radius 3 is 2.00 bits per heavy atom. The largest absolute Gasteiger partial charge is 0.496 e. The lowest BCUT2D eigenvalue weighted by Gasteiger charge is -2.17. The van der Waals surface area contributed by atoms with Crippen molar-refractivity contribution in [3.8, 4) is 5.75 Å². The Morgan fingerprint density at radius 1 is 0.778 bits per heavy atom. The average Bonchev–Trinajstić information content (AvgIpc) is 2.73. The minimum atomic E-state index is -0.209. The fourth-order valence-electron chi connectivity index (χ4n) is 2.91. The van der Waals surface area contributed by atoms with E-state index in [1.54, 1.807) is 43.5 Å². The predicted octanol–water partition coefficient (Wildman–Crippen LogP) is 4.42. The van der Waals surface area contributed by atoms with Crippen molar-refractivity contribution in [2.75, 3.05) is 7.11 Å². The number of rotatable bonds is 6. The van der Waals surface area contributed by atoms with E-state index in [0.717, 1.165) is 11.3 Å². The summed E-state index contributed by atoms with van der Waals surface area (Å²) in [5, 5.41) is 2.96. The molecule has 0 aliphatic rings. The molecule has 0 heterocycles. The lowest BCUT2D eigenvalue weighted by atomic mass is 10.0. The number of para-hydroxylation sites is 1. The number of ketones is 1. The highest BCUT2D eigenvalue weighted by atomic mass is 16.5. The van der Waals surface area contributed by atoms with Gasteiger partial charge >= 0.3 is 0 Å². The second-order valence-corrected chi connectivity index (χ2v) is 6.21.